The SMILES string of the molecule is Cc1cc(Cl)ccc1NC(=O)C(=O)N/N=C\c1ccc(N(C)C)cc1. The number of carbonyl (C=O) groups excluding carboxylic acids is 2. The van der Waals surface area contributed by atoms with Crippen LogP contribution in [0.4, 0.5) is 11.4 Å². The zero-order valence-corrected chi connectivity index (χ0v) is 15.0. The number of hydrazone groups is 1. The third kappa shape index (κ3) is 5.32. The second kappa shape index (κ2) is 8.30. The van der Waals surface area contributed by atoms with Crippen molar-refractivity contribution in [3.63, 3.8) is 0 Å². The number of benzene rings is 2. The Bertz CT molecular complexity index is 801. The quantitative estimate of drug-likeness (QED) is 0.501. The summed E-state index contributed by atoms with van der Waals surface area (Å²) in [7, 11) is 3.90. The van der Waals surface area contributed by atoms with Crippen LogP contribution in [0.1, 0.15) is 11.1 Å². The lowest BCUT2D eigenvalue weighted by molar-refractivity contribution is -0.136. The number of hydrogen-bond acceptors (Lipinski definition) is 4. The molecule has 0 radical (unpaired) electrons. The Labute approximate surface area is 151 Å². The molecule has 2 aromatic carbocycles. The average molecular weight is 359 g/mol. The first-order valence-electron chi connectivity index (χ1n) is 7.55. The number of nitrogens with zero attached hydrogens (tertiary/aromatic N) is 2. The molecule has 0 spiro atoms. The Hall–Kier alpha value is -2.86. The van der Waals surface area contributed by atoms with Crippen molar-refractivity contribution in [3.05, 3.63) is 58.6 Å². The van der Waals surface area contributed by atoms with Crippen molar-refractivity contribution >= 4 is 41.0 Å². The van der Waals surface area contributed by atoms with Crippen LogP contribution >= 0.6 is 11.6 Å². The fraction of sp³-hybridized carbons (Fsp3) is 0.167. The molecule has 2 rings (SSSR count). The fourth-order valence-electron chi connectivity index (χ4n) is 2.02. The summed E-state index contributed by atoms with van der Waals surface area (Å²) in [4.78, 5) is 25.6. The molecule has 0 aliphatic rings. The number of rotatable bonds is 4. The van der Waals surface area contributed by atoms with E-state index in [2.05, 4.69) is 15.8 Å². The number of amides is 2. The van der Waals surface area contributed by atoms with E-state index in [0.29, 0.717) is 10.7 Å². The van der Waals surface area contributed by atoms with Crippen LogP contribution in [-0.4, -0.2) is 32.1 Å². The van der Waals surface area contributed by atoms with Gasteiger partial charge in [-0.25, -0.2) is 5.43 Å². The van der Waals surface area contributed by atoms with Gasteiger partial charge in [0.05, 0.1) is 6.21 Å². The van der Waals surface area contributed by atoms with E-state index in [-0.39, 0.29) is 0 Å². The number of anilines is 2. The number of carbonyl (C=O) groups is 2. The monoisotopic (exact) mass is 358 g/mol. The van der Waals surface area contributed by atoms with Gasteiger partial charge in [-0.15, -0.1) is 0 Å². The summed E-state index contributed by atoms with van der Waals surface area (Å²) in [6.07, 6.45) is 1.47. The van der Waals surface area contributed by atoms with Crippen LogP contribution in [0.25, 0.3) is 0 Å². The molecule has 6 nitrogen and oxygen atoms in total. The fourth-order valence-corrected chi connectivity index (χ4v) is 2.25. The summed E-state index contributed by atoms with van der Waals surface area (Å²) < 4.78 is 0. The van der Waals surface area contributed by atoms with Crippen molar-refractivity contribution in [2.24, 2.45) is 5.10 Å². The van der Waals surface area contributed by atoms with Crippen molar-refractivity contribution in [1.82, 2.24) is 5.43 Å². The van der Waals surface area contributed by atoms with Gasteiger partial charge in [-0.2, -0.15) is 5.10 Å². The number of hydrogen-bond donors (Lipinski definition) is 2. The van der Waals surface area contributed by atoms with E-state index >= 15 is 0 Å². The molecular weight excluding hydrogens is 340 g/mol. The standard InChI is InChI=1S/C18H19ClN4O2/c1-12-10-14(19)6-9-16(12)21-17(24)18(25)22-20-11-13-4-7-15(8-5-13)23(2)3/h4-11H,1-3H3,(H,21,24)(H,22,25)/b20-11-. The predicted molar refractivity (Wildman–Crippen MR) is 101 cm³/mol. The largest absolute Gasteiger partial charge is 0.378 e. The van der Waals surface area contributed by atoms with Gasteiger partial charge in [0.1, 0.15) is 0 Å². The maximum absolute atomic E-state index is 11.9. The van der Waals surface area contributed by atoms with Gasteiger partial charge in [0.2, 0.25) is 0 Å². The minimum atomic E-state index is -0.851. The van der Waals surface area contributed by atoms with Gasteiger partial charge in [0.25, 0.3) is 0 Å². The summed E-state index contributed by atoms with van der Waals surface area (Å²) in [5.41, 5.74) is 5.34. The lowest BCUT2D eigenvalue weighted by Gasteiger charge is -2.11. The average Bonchev–Trinajstić information content (AvgIpc) is 2.57. The zero-order valence-electron chi connectivity index (χ0n) is 14.2. The second-order valence-corrected chi connectivity index (χ2v) is 6.03. The molecule has 0 aliphatic carbocycles. The molecule has 0 saturated carbocycles. The van der Waals surface area contributed by atoms with Crippen LogP contribution in [0, 0.1) is 6.92 Å². The van der Waals surface area contributed by atoms with Gasteiger partial charge < -0.3 is 10.2 Å². The summed E-state index contributed by atoms with van der Waals surface area (Å²) in [6, 6.07) is 12.6. The van der Waals surface area contributed by atoms with Crippen LogP contribution in [0.3, 0.4) is 0 Å². The maximum Gasteiger partial charge on any atom is 0.329 e. The predicted octanol–water partition coefficient (Wildman–Crippen LogP) is 2.80. The summed E-state index contributed by atoms with van der Waals surface area (Å²) in [6.45, 7) is 1.79. The molecule has 7 heteroatoms. The van der Waals surface area contributed by atoms with E-state index in [1.807, 2.05) is 43.3 Å². The van der Waals surface area contributed by atoms with Gasteiger partial charge in [-0.3, -0.25) is 9.59 Å². The molecule has 2 N–H and O–H groups in total. The minimum absolute atomic E-state index is 0.521. The van der Waals surface area contributed by atoms with E-state index in [1.165, 1.54) is 6.21 Å². The second-order valence-electron chi connectivity index (χ2n) is 5.60. The topological polar surface area (TPSA) is 73.8 Å². The minimum Gasteiger partial charge on any atom is -0.378 e. The first-order chi connectivity index (χ1) is 11.9. The highest BCUT2D eigenvalue weighted by Gasteiger charge is 2.13. The molecule has 0 unspecified atom stereocenters. The first-order valence-corrected chi connectivity index (χ1v) is 7.92. The Balaban J connectivity index is 1.91. The summed E-state index contributed by atoms with van der Waals surface area (Å²) in [5.74, 6) is -1.65. The molecule has 0 saturated heterocycles. The van der Waals surface area contributed by atoms with Gasteiger partial charge >= 0.3 is 11.8 Å². The molecule has 0 aliphatic heterocycles. The molecule has 0 heterocycles. The third-order valence-corrected chi connectivity index (χ3v) is 3.67. The first kappa shape index (κ1) is 18.5. The maximum atomic E-state index is 11.9. The van der Waals surface area contributed by atoms with E-state index in [4.69, 9.17) is 11.6 Å². The number of nitrogens with one attached hydrogen (secondary N) is 2. The van der Waals surface area contributed by atoms with Crippen LogP contribution in [0.15, 0.2) is 47.6 Å². The molecule has 0 bridgehead atoms. The zero-order chi connectivity index (χ0) is 18.4. The van der Waals surface area contributed by atoms with Crippen molar-refractivity contribution in [3.8, 4) is 0 Å². The highest BCUT2D eigenvalue weighted by Crippen LogP contribution is 2.19. The van der Waals surface area contributed by atoms with Crippen LogP contribution in [-0.2, 0) is 9.59 Å². The van der Waals surface area contributed by atoms with Crippen molar-refractivity contribution < 1.29 is 9.59 Å². The molecule has 0 aromatic heterocycles. The van der Waals surface area contributed by atoms with Crippen LogP contribution in [0.2, 0.25) is 5.02 Å². The van der Waals surface area contributed by atoms with Crippen LogP contribution in [0.5, 0.6) is 0 Å². The summed E-state index contributed by atoms with van der Waals surface area (Å²) in [5, 5.41) is 6.87. The van der Waals surface area contributed by atoms with E-state index in [1.54, 1.807) is 25.1 Å². The lowest BCUT2D eigenvalue weighted by Crippen LogP contribution is -2.32. The Morgan fingerprint density at radius 3 is 2.36 bits per heavy atom. The molecule has 0 fully saturated rings. The van der Waals surface area contributed by atoms with Crippen molar-refractivity contribution in [1.29, 1.82) is 0 Å². The van der Waals surface area contributed by atoms with Gasteiger partial charge in [-0.1, -0.05) is 23.7 Å². The smallest absolute Gasteiger partial charge is 0.329 e. The highest BCUT2D eigenvalue weighted by atomic mass is 35.5. The van der Waals surface area contributed by atoms with E-state index in [9.17, 15) is 9.59 Å². The third-order valence-electron chi connectivity index (χ3n) is 3.43. The molecule has 2 amide bonds. The van der Waals surface area contributed by atoms with E-state index < -0.39 is 11.8 Å². The number of halogens is 1. The molecular formula is C18H19ClN4O2. The van der Waals surface area contributed by atoms with Gasteiger partial charge in [-0.05, 0) is 48.4 Å². The number of aryl methyl sites for hydroxylation is 1. The molecule has 25 heavy (non-hydrogen) atoms. The summed E-state index contributed by atoms with van der Waals surface area (Å²) >= 11 is 5.86. The normalized spacial score (nSPS) is 10.6. The van der Waals surface area contributed by atoms with Crippen LogP contribution < -0.4 is 15.6 Å². The molecule has 0 atom stereocenters. The lowest BCUT2D eigenvalue weighted by atomic mass is 10.2. The van der Waals surface area contributed by atoms with Gasteiger partial charge in [0.15, 0.2) is 0 Å². The molecule has 130 valence electrons. The van der Waals surface area contributed by atoms with Crippen molar-refractivity contribution in [2.45, 2.75) is 6.92 Å². The highest BCUT2D eigenvalue weighted by molar-refractivity contribution is 6.39. The Morgan fingerprint density at radius 1 is 1.08 bits per heavy atom. The van der Waals surface area contributed by atoms with Crippen molar-refractivity contribution in [2.75, 3.05) is 24.3 Å². The Kier molecular flexibility index (Phi) is 6.14. The Morgan fingerprint density at radius 2 is 1.76 bits per heavy atom. The molecule has 2 aromatic rings. The van der Waals surface area contributed by atoms with E-state index in [0.717, 1.165) is 16.8 Å². The van der Waals surface area contributed by atoms with Gasteiger partial charge in [0, 0.05) is 30.5 Å².